The van der Waals surface area contributed by atoms with Crippen LogP contribution in [0.1, 0.15) is 58.9 Å². The highest BCUT2D eigenvalue weighted by molar-refractivity contribution is 5.51. The Kier molecular flexibility index (Phi) is 8.94. The molecule has 0 atom stereocenters. The molecule has 0 fully saturated rings. The van der Waals surface area contributed by atoms with Crippen LogP contribution in [-0.4, -0.2) is 23.6 Å². The van der Waals surface area contributed by atoms with Gasteiger partial charge in [-0.05, 0) is 74.8 Å². The number of allylic oxidation sites excluding steroid dienone is 7. The highest BCUT2D eigenvalue weighted by Crippen LogP contribution is 2.32. The largest absolute Gasteiger partial charge is 0.493 e. The third-order valence-electron chi connectivity index (χ3n) is 6.74. The van der Waals surface area contributed by atoms with E-state index in [1.54, 1.807) is 13.4 Å². The molecule has 1 aromatic heterocycles. The van der Waals surface area contributed by atoms with Crippen molar-refractivity contribution in [1.82, 2.24) is 9.97 Å². The van der Waals surface area contributed by atoms with E-state index in [4.69, 9.17) is 9.47 Å². The number of hydrogen-bond acceptors (Lipinski definition) is 6. The van der Waals surface area contributed by atoms with Crippen LogP contribution in [0, 0.1) is 5.92 Å². The Hall–Kier alpha value is -3.67. The summed E-state index contributed by atoms with van der Waals surface area (Å²) in [6, 6.07) is 6.18. The molecular weight excluding hydrogens is 460 g/mol. The van der Waals surface area contributed by atoms with Gasteiger partial charge >= 0.3 is 0 Å². The smallest absolute Gasteiger partial charge is 0.168 e. The standard InChI is InChI=1S/C31H38N4O2/c1-21(2)25-12-9-22(3)10-13-26(19-25)37-27-14-11-24(18-28(27)36-5)15-17-33-31-29-23(4)8-6-7-16-32-30(29)34-20-35-31/h7,9,11-12,14,16,18-21H,6,8,10,13,15,17H2,1-5H3,(H,32,33,34,35). The van der Waals surface area contributed by atoms with Gasteiger partial charge in [0.25, 0.3) is 0 Å². The number of aromatic nitrogens is 2. The maximum atomic E-state index is 6.38. The van der Waals surface area contributed by atoms with E-state index >= 15 is 0 Å². The molecule has 6 heteroatoms. The van der Waals surface area contributed by atoms with E-state index < -0.39 is 0 Å². The molecular formula is C31H38N4O2. The molecule has 1 aliphatic carbocycles. The van der Waals surface area contributed by atoms with Gasteiger partial charge in [0.2, 0.25) is 0 Å². The highest BCUT2D eigenvalue weighted by Gasteiger charge is 2.13. The van der Waals surface area contributed by atoms with E-state index in [0.717, 1.165) is 78.0 Å². The van der Waals surface area contributed by atoms with Crippen LogP contribution in [0.5, 0.6) is 11.5 Å². The number of hydrogen-bond donors (Lipinski definition) is 1. The molecule has 2 aliphatic rings. The van der Waals surface area contributed by atoms with Gasteiger partial charge in [0.05, 0.1) is 12.3 Å². The first-order valence-electron chi connectivity index (χ1n) is 13.1. The fourth-order valence-electron chi connectivity index (χ4n) is 4.43. The van der Waals surface area contributed by atoms with Crippen LogP contribution in [-0.2, 0) is 6.42 Å². The van der Waals surface area contributed by atoms with Gasteiger partial charge in [-0.25, -0.2) is 15.0 Å². The first-order chi connectivity index (χ1) is 17.9. The van der Waals surface area contributed by atoms with Crippen molar-refractivity contribution in [3.63, 3.8) is 0 Å². The Labute approximate surface area is 220 Å². The van der Waals surface area contributed by atoms with Crippen LogP contribution < -0.4 is 25.5 Å². The Bertz CT molecular complexity index is 1370. The lowest BCUT2D eigenvalue weighted by atomic mass is 9.97. The normalized spacial score (nSPS) is 15.7. The summed E-state index contributed by atoms with van der Waals surface area (Å²) in [7, 11) is 1.69. The Morgan fingerprint density at radius 1 is 1.03 bits per heavy atom. The second-order valence-corrected chi connectivity index (χ2v) is 9.96. The summed E-state index contributed by atoms with van der Waals surface area (Å²) in [4.78, 5) is 13.4. The third kappa shape index (κ3) is 6.97. The average molecular weight is 499 g/mol. The van der Waals surface area contributed by atoms with Gasteiger partial charge in [-0.2, -0.15) is 0 Å². The summed E-state index contributed by atoms with van der Waals surface area (Å²) in [5.41, 5.74) is 5.76. The van der Waals surface area contributed by atoms with Gasteiger partial charge < -0.3 is 14.8 Å². The fraction of sp³-hybridized carbons (Fsp3) is 0.387. The highest BCUT2D eigenvalue weighted by atomic mass is 16.5. The number of benzene rings is 1. The minimum Gasteiger partial charge on any atom is -0.493 e. The van der Waals surface area contributed by atoms with Crippen LogP contribution in [0.3, 0.4) is 0 Å². The van der Waals surface area contributed by atoms with Crippen LogP contribution in [0.25, 0.3) is 5.57 Å². The minimum absolute atomic E-state index is 0.429. The second-order valence-electron chi connectivity index (χ2n) is 9.96. The molecule has 1 aromatic carbocycles. The fourth-order valence-corrected chi connectivity index (χ4v) is 4.43. The third-order valence-corrected chi connectivity index (χ3v) is 6.74. The predicted molar refractivity (Wildman–Crippen MR) is 150 cm³/mol. The van der Waals surface area contributed by atoms with Gasteiger partial charge in [-0.15, -0.1) is 0 Å². The van der Waals surface area contributed by atoms with Crippen molar-refractivity contribution >= 4 is 11.4 Å². The zero-order valence-electron chi connectivity index (χ0n) is 22.7. The lowest BCUT2D eigenvalue weighted by molar-refractivity contribution is 0.350. The van der Waals surface area contributed by atoms with Crippen molar-refractivity contribution in [2.75, 3.05) is 19.0 Å². The Morgan fingerprint density at radius 3 is 2.70 bits per heavy atom. The number of methoxy groups -OCH3 is 1. The molecule has 37 heavy (non-hydrogen) atoms. The molecule has 2 heterocycles. The number of anilines is 1. The van der Waals surface area contributed by atoms with Gasteiger partial charge in [0, 0.05) is 19.2 Å². The Balaban J connectivity index is 1.48. The first kappa shape index (κ1) is 26.4. The summed E-state index contributed by atoms with van der Waals surface area (Å²) < 4.78 is 12.1. The summed E-state index contributed by atoms with van der Waals surface area (Å²) >= 11 is 0. The number of fused-ring (bicyclic) bond motifs is 1. The maximum absolute atomic E-state index is 6.38. The average Bonchev–Trinajstić information content (AvgIpc) is 2.87. The minimum atomic E-state index is 0.429. The van der Waals surface area contributed by atoms with Gasteiger partial charge in [0.1, 0.15) is 17.9 Å². The van der Waals surface area contributed by atoms with E-state index in [-0.39, 0.29) is 0 Å². The number of nitrogens with zero attached hydrogens (tertiary/aromatic N) is 3. The molecule has 1 aliphatic heterocycles. The van der Waals surface area contributed by atoms with E-state index in [1.807, 2.05) is 12.3 Å². The zero-order valence-corrected chi connectivity index (χ0v) is 22.7. The summed E-state index contributed by atoms with van der Waals surface area (Å²) in [6.07, 6.45) is 16.7. The Morgan fingerprint density at radius 2 is 1.89 bits per heavy atom. The summed E-state index contributed by atoms with van der Waals surface area (Å²) in [5, 5.41) is 4.52. The summed E-state index contributed by atoms with van der Waals surface area (Å²) in [5.74, 6) is 3.71. The molecule has 2 aromatic rings. The van der Waals surface area contributed by atoms with Crippen molar-refractivity contribution in [3.8, 4) is 11.5 Å². The van der Waals surface area contributed by atoms with E-state index in [0.29, 0.717) is 5.92 Å². The summed E-state index contributed by atoms with van der Waals surface area (Å²) in [6.45, 7) is 9.45. The van der Waals surface area contributed by atoms with E-state index in [9.17, 15) is 0 Å². The van der Waals surface area contributed by atoms with Crippen molar-refractivity contribution < 1.29 is 9.47 Å². The topological polar surface area (TPSA) is 68.6 Å². The molecule has 0 amide bonds. The van der Waals surface area contributed by atoms with Crippen LogP contribution >= 0.6 is 0 Å². The lowest BCUT2D eigenvalue weighted by Crippen LogP contribution is -2.34. The molecule has 0 unspecified atom stereocenters. The van der Waals surface area contributed by atoms with E-state index in [1.165, 1.54) is 16.7 Å². The number of rotatable bonds is 8. The van der Waals surface area contributed by atoms with Crippen LogP contribution in [0.4, 0.5) is 5.82 Å². The van der Waals surface area contributed by atoms with Gasteiger partial charge in [-0.3, -0.25) is 0 Å². The van der Waals surface area contributed by atoms with Crippen molar-refractivity contribution in [3.05, 3.63) is 88.2 Å². The number of nitrogens with one attached hydrogen (secondary N) is 1. The van der Waals surface area contributed by atoms with Crippen LogP contribution in [0.2, 0.25) is 0 Å². The molecule has 6 nitrogen and oxygen atoms in total. The molecule has 0 spiro atoms. The van der Waals surface area contributed by atoms with Gasteiger partial charge in [0.15, 0.2) is 17.0 Å². The molecule has 0 bridgehead atoms. The van der Waals surface area contributed by atoms with Gasteiger partial charge in [-0.1, -0.05) is 49.3 Å². The molecule has 0 saturated carbocycles. The first-order valence-corrected chi connectivity index (χ1v) is 13.1. The zero-order chi connectivity index (χ0) is 26.2. The van der Waals surface area contributed by atoms with Crippen molar-refractivity contribution in [1.29, 1.82) is 0 Å². The number of ether oxygens (including phenoxy) is 2. The molecule has 4 rings (SSSR count). The lowest BCUT2D eigenvalue weighted by Gasteiger charge is -2.17. The van der Waals surface area contributed by atoms with Crippen LogP contribution in [0.15, 0.2) is 76.9 Å². The van der Waals surface area contributed by atoms with E-state index in [2.05, 4.69) is 84.4 Å². The van der Waals surface area contributed by atoms with Crippen molar-refractivity contribution in [2.45, 2.75) is 59.8 Å². The molecule has 0 radical (unpaired) electrons. The SMILES string of the molecule is COc1cc(CCNc2ncnc3c2=C(C)CCC=CN=3)ccc1OC1=CC(C(C)C)=CC=C(C)CC1. The monoisotopic (exact) mass is 498 g/mol. The quantitative estimate of drug-likeness (QED) is 0.496. The predicted octanol–water partition coefficient (Wildman–Crippen LogP) is 5.82. The van der Waals surface area contributed by atoms with Crippen molar-refractivity contribution in [2.24, 2.45) is 10.9 Å². The molecule has 1 N–H and O–H groups in total. The maximum Gasteiger partial charge on any atom is 0.168 e. The molecule has 0 saturated heterocycles. The second kappa shape index (κ2) is 12.5. The molecule has 194 valence electrons.